The molecule has 5 nitrogen and oxygen atoms in total. The van der Waals surface area contributed by atoms with Crippen LogP contribution in [0.1, 0.15) is 19.8 Å². The van der Waals surface area contributed by atoms with Gasteiger partial charge in [0.2, 0.25) is 10.0 Å². The fourth-order valence-corrected chi connectivity index (χ4v) is 4.36. The summed E-state index contributed by atoms with van der Waals surface area (Å²) in [6, 6.07) is 4.79. The van der Waals surface area contributed by atoms with E-state index < -0.39 is 10.0 Å². The molecular formula is C14H21ClN2O3S. The van der Waals surface area contributed by atoms with Gasteiger partial charge in [0.15, 0.2) is 0 Å². The topological polar surface area (TPSA) is 58.6 Å². The molecule has 0 amide bonds. The van der Waals surface area contributed by atoms with E-state index in [4.69, 9.17) is 16.3 Å². The first-order chi connectivity index (χ1) is 9.98. The lowest BCUT2D eigenvalue weighted by atomic mass is 10.2. The Balaban J connectivity index is 2.23. The monoisotopic (exact) mass is 332 g/mol. The number of hydrogen-bond donors (Lipinski definition) is 1. The van der Waals surface area contributed by atoms with Crippen molar-refractivity contribution in [2.24, 2.45) is 0 Å². The molecule has 1 atom stereocenters. The first kappa shape index (κ1) is 16.5. The SMILES string of the molecule is CCN(CC1CCCN1)S(=O)(=O)c1ccc(OC)c(Cl)c1. The summed E-state index contributed by atoms with van der Waals surface area (Å²) in [6.45, 7) is 3.72. The zero-order valence-corrected chi connectivity index (χ0v) is 13.9. The third kappa shape index (κ3) is 3.69. The van der Waals surface area contributed by atoms with Crippen LogP contribution in [0.4, 0.5) is 0 Å². The molecule has 1 unspecified atom stereocenters. The van der Waals surface area contributed by atoms with Gasteiger partial charge in [0.05, 0.1) is 17.0 Å². The Morgan fingerprint density at radius 2 is 2.24 bits per heavy atom. The average Bonchev–Trinajstić information content (AvgIpc) is 2.97. The summed E-state index contributed by atoms with van der Waals surface area (Å²) in [7, 11) is -2.03. The van der Waals surface area contributed by atoms with Gasteiger partial charge in [0.25, 0.3) is 0 Å². The summed E-state index contributed by atoms with van der Waals surface area (Å²) in [5.74, 6) is 0.469. The van der Waals surface area contributed by atoms with Crippen molar-refractivity contribution in [1.82, 2.24) is 9.62 Å². The number of likely N-dealkylation sites (N-methyl/N-ethyl adjacent to an activating group) is 1. The molecule has 2 rings (SSSR count). The number of nitrogens with zero attached hydrogens (tertiary/aromatic N) is 1. The summed E-state index contributed by atoms with van der Waals surface area (Å²) in [5, 5.41) is 3.62. The zero-order chi connectivity index (χ0) is 15.5. The van der Waals surface area contributed by atoms with Crippen molar-refractivity contribution in [3.63, 3.8) is 0 Å². The molecule has 1 aliphatic heterocycles. The van der Waals surface area contributed by atoms with E-state index in [1.165, 1.54) is 23.5 Å². The summed E-state index contributed by atoms with van der Waals surface area (Å²) in [5.41, 5.74) is 0. The van der Waals surface area contributed by atoms with E-state index in [-0.39, 0.29) is 10.9 Å². The standard InChI is InChI=1S/C14H21ClN2O3S/c1-3-17(10-11-5-4-8-16-11)21(18,19)12-6-7-14(20-2)13(15)9-12/h6-7,9,11,16H,3-5,8,10H2,1-2H3. The second-order valence-corrected chi connectivity index (χ2v) is 7.39. The summed E-state index contributed by atoms with van der Waals surface area (Å²) >= 11 is 6.03. The van der Waals surface area contributed by atoms with Gasteiger partial charge in [-0.3, -0.25) is 0 Å². The maximum atomic E-state index is 12.7. The second kappa shape index (κ2) is 6.96. The third-order valence-corrected chi connectivity index (χ3v) is 5.93. The van der Waals surface area contributed by atoms with Crippen molar-refractivity contribution in [2.45, 2.75) is 30.7 Å². The number of rotatable bonds is 6. The Morgan fingerprint density at radius 1 is 1.48 bits per heavy atom. The van der Waals surface area contributed by atoms with Gasteiger partial charge in [0.1, 0.15) is 5.75 Å². The molecule has 0 saturated carbocycles. The predicted molar refractivity (Wildman–Crippen MR) is 83.5 cm³/mol. The van der Waals surface area contributed by atoms with Gasteiger partial charge in [-0.1, -0.05) is 18.5 Å². The molecule has 0 aliphatic carbocycles. The molecule has 7 heteroatoms. The van der Waals surface area contributed by atoms with Crippen LogP contribution in [0.15, 0.2) is 23.1 Å². The maximum Gasteiger partial charge on any atom is 0.243 e. The van der Waals surface area contributed by atoms with Gasteiger partial charge in [-0.2, -0.15) is 4.31 Å². The number of hydrogen-bond acceptors (Lipinski definition) is 4. The number of benzene rings is 1. The summed E-state index contributed by atoms with van der Waals surface area (Å²) in [6.07, 6.45) is 2.10. The van der Waals surface area contributed by atoms with Crippen LogP contribution in [0.25, 0.3) is 0 Å². The smallest absolute Gasteiger partial charge is 0.243 e. The first-order valence-corrected chi connectivity index (χ1v) is 8.88. The molecule has 118 valence electrons. The number of nitrogens with one attached hydrogen (secondary N) is 1. The normalized spacial score (nSPS) is 19.1. The molecule has 1 saturated heterocycles. The van der Waals surface area contributed by atoms with Gasteiger partial charge < -0.3 is 10.1 Å². The van der Waals surface area contributed by atoms with Gasteiger partial charge in [-0.05, 0) is 37.6 Å². The van der Waals surface area contributed by atoms with Gasteiger partial charge in [-0.25, -0.2) is 8.42 Å². The number of ether oxygens (including phenoxy) is 1. The van der Waals surface area contributed by atoms with Crippen LogP contribution in [-0.2, 0) is 10.0 Å². The van der Waals surface area contributed by atoms with E-state index in [1.807, 2.05) is 6.92 Å². The van der Waals surface area contributed by atoms with Crippen LogP contribution < -0.4 is 10.1 Å². The predicted octanol–water partition coefficient (Wildman–Crippen LogP) is 2.11. The van der Waals surface area contributed by atoms with Crippen LogP contribution in [0.2, 0.25) is 5.02 Å². The van der Waals surface area contributed by atoms with Crippen molar-refractivity contribution in [1.29, 1.82) is 0 Å². The second-order valence-electron chi connectivity index (χ2n) is 5.05. The maximum absolute atomic E-state index is 12.7. The van der Waals surface area contributed by atoms with E-state index in [2.05, 4.69) is 5.32 Å². The molecule has 0 bridgehead atoms. The lowest BCUT2D eigenvalue weighted by molar-refractivity contribution is 0.382. The number of methoxy groups -OCH3 is 1. The summed E-state index contributed by atoms with van der Waals surface area (Å²) in [4.78, 5) is 0.202. The molecule has 0 spiro atoms. The Hall–Kier alpha value is -0.820. The Kier molecular flexibility index (Phi) is 5.48. The molecule has 1 N–H and O–H groups in total. The van der Waals surface area contributed by atoms with Crippen LogP contribution in [0.3, 0.4) is 0 Å². The van der Waals surface area contributed by atoms with Gasteiger partial charge >= 0.3 is 0 Å². The quantitative estimate of drug-likeness (QED) is 0.866. The van der Waals surface area contributed by atoms with Gasteiger partial charge in [-0.15, -0.1) is 0 Å². The van der Waals surface area contributed by atoms with Crippen molar-refractivity contribution >= 4 is 21.6 Å². The van der Waals surface area contributed by atoms with Gasteiger partial charge in [0, 0.05) is 19.1 Å². The molecule has 0 radical (unpaired) electrons. The average molecular weight is 333 g/mol. The highest BCUT2D eigenvalue weighted by molar-refractivity contribution is 7.89. The molecule has 1 aromatic rings. The van der Waals surface area contributed by atoms with Crippen molar-refractivity contribution in [2.75, 3.05) is 26.7 Å². The molecule has 1 fully saturated rings. The number of halogens is 1. The Labute approximate surface area is 131 Å². The van der Waals surface area contributed by atoms with Crippen LogP contribution in [0, 0.1) is 0 Å². The minimum atomic E-state index is -3.53. The lowest BCUT2D eigenvalue weighted by Crippen LogP contribution is -2.40. The van der Waals surface area contributed by atoms with E-state index >= 15 is 0 Å². The third-order valence-electron chi connectivity index (χ3n) is 3.70. The fourth-order valence-electron chi connectivity index (χ4n) is 2.51. The van der Waals surface area contributed by atoms with E-state index in [9.17, 15) is 8.42 Å². The minimum Gasteiger partial charge on any atom is -0.495 e. The largest absolute Gasteiger partial charge is 0.495 e. The van der Waals surface area contributed by atoms with Crippen LogP contribution in [-0.4, -0.2) is 45.5 Å². The molecule has 0 aromatic heterocycles. The van der Waals surface area contributed by atoms with E-state index in [1.54, 1.807) is 6.07 Å². The van der Waals surface area contributed by atoms with E-state index in [0.29, 0.717) is 23.9 Å². The number of sulfonamides is 1. The highest BCUT2D eigenvalue weighted by Crippen LogP contribution is 2.28. The molecule has 1 heterocycles. The molecule has 21 heavy (non-hydrogen) atoms. The highest BCUT2D eigenvalue weighted by Gasteiger charge is 2.27. The van der Waals surface area contributed by atoms with Crippen LogP contribution >= 0.6 is 11.6 Å². The van der Waals surface area contributed by atoms with E-state index in [0.717, 1.165) is 19.4 Å². The van der Waals surface area contributed by atoms with Crippen LogP contribution in [0.5, 0.6) is 5.75 Å². The zero-order valence-electron chi connectivity index (χ0n) is 12.3. The molecular weight excluding hydrogens is 312 g/mol. The first-order valence-electron chi connectivity index (χ1n) is 7.06. The molecule has 1 aliphatic rings. The highest BCUT2D eigenvalue weighted by atomic mass is 35.5. The molecule has 1 aromatic carbocycles. The lowest BCUT2D eigenvalue weighted by Gasteiger charge is -2.24. The fraction of sp³-hybridized carbons (Fsp3) is 0.571. The van der Waals surface area contributed by atoms with Crippen molar-refractivity contribution < 1.29 is 13.2 Å². The minimum absolute atomic E-state index is 0.202. The Bertz CT molecular complexity index is 586. The summed E-state index contributed by atoms with van der Waals surface area (Å²) < 4.78 is 32.0. The van der Waals surface area contributed by atoms with Crippen molar-refractivity contribution in [3.8, 4) is 5.75 Å². The van der Waals surface area contributed by atoms with Crippen molar-refractivity contribution in [3.05, 3.63) is 23.2 Å². The Morgan fingerprint density at radius 3 is 2.76 bits per heavy atom.